The second-order valence-electron chi connectivity index (χ2n) is 12.9. The van der Waals surface area contributed by atoms with Crippen molar-refractivity contribution in [1.29, 1.82) is 0 Å². The summed E-state index contributed by atoms with van der Waals surface area (Å²) in [6, 6.07) is 3.41. The van der Waals surface area contributed by atoms with Crippen molar-refractivity contribution >= 4 is 47.8 Å². The first-order valence-electron chi connectivity index (χ1n) is 17.5. The molecule has 15 N–H and O–H groups in total. The molecule has 0 saturated carbocycles. The third kappa shape index (κ3) is 19.8. The first kappa shape index (κ1) is 47.9. The molecule has 1 aromatic rings. The van der Waals surface area contributed by atoms with E-state index in [1.807, 2.05) is 18.2 Å². The molecule has 0 aromatic heterocycles. The summed E-state index contributed by atoms with van der Waals surface area (Å²) in [6.45, 7) is 2.66. The van der Waals surface area contributed by atoms with Crippen molar-refractivity contribution in [3.63, 3.8) is 0 Å². The molecule has 0 radical (unpaired) electrons. The average molecular weight is 788 g/mol. The lowest BCUT2D eigenvalue weighted by Gasteiger charge is -2.31. The first-order valence-corrected chi connectivity index (χ1v) is 18.3. The number of carbonyl (C=O) groups is 6. The summed E-state index contributed by atoms with van der Waals surface area (Å²) < 4.78 is 10.2. The molecule has 1 aromatic carbocycles. The minimum absolute atomic E-state index is 0.00819. The molecular weight excluding hydrogens is 730 g/mol. The molecule has 0 bridgehead atoms. The van der Waals surface area contributed by atoms with E-state index in [1.165, 1.54) is 0 Å². The zero-order valence-corrected chi connectivity index (χ0v) is 31.5. The van der Waals surface area contributed by atoms with Crippen LogP contribution in [0.25, 0.3) is 0 Å². The Balaban J connectivity index is 2.59. The smallest absolute Gasteiger partial charge is 0.410 e. The average Bonchev–Trinajstić information content (AvgIpc) is 3.13. The maximum absolute atomic E-state index is 13.1. The van der Waals surface area contributed by atoms with Gasteiger partial charge in [0.1, 0.15) is 18.1 Å². The van der Waals surface area contributed by atoms with Crippen LogP contribution in [0.4, 0.5) is 4.79 Å². The van der Waals surface area contributed by atoms with Gasteiger partial charge in [-0.2, -0.15) is 0 Å². The number of carbonyl (C=O) groups excluding carboxylic acids is 6. The zero-order valence-electron chi connectivity index (χ0n) is 30.6. The largest absolute Gasteiger partial charge is 0.449 e. The number of amides is 6. The second kappa shape index (κ2) is 26.6. The fourth-order valence-corrected chi connectivity index (χ4v) is 5.28. The van der Waals surface area contributed by atoms with E-state index in [-0.39, 0.29) is 51.4 Å². The highest BCUT2D eigenvalue weighted by molar-refractivity contribution is 7.96. The van der Waals surface area contributed by atoms with Crippen molar-refractivity contribution in [3.8, 4) is 0 Å². The van der Waals surface area contributed by atoms with E-state index >= 15 is 0 Å². The summed E-state index contributed by atoms with van der Waals surface area (Å²) in [7, 11) is 0. The molecule has 0 aliphatic heterocycles. The van der Waals surface area contributed by atoms with Crippen LogP contribution in [0, 0.1) is 5.92 Å². The lowest BCUT2D eigenvalue weighted by atomic mass is 10.0. The number of primary amides is 1. The molecule has 54 heavy (non-hydrogen) atoms. The summed E-state index contributed by atoms with van der Waals surface area (Å²) in [5, 5.41) is 46.3. The van der Waals surface area contributed by atoms with Crippen LogP contribution in [0.5, 0.6) is 0 Å². The Hall–Kier alpha value is -4.09. The van der Waals surface area contributed by atoms with Gasteiger partial charge in [-0.1, -0.05) is 44.2 Å². The number of nitrogens with zero attached hydrogens (tertiary/aromatic N) is 1. The molecule has 0 aliphatic carbocycles. The SMILES string of the molecule is CC(C)COC(=O)N(CC(N)CO)C(CC(N)=O)C(=O)NSNC(CCC(=O)NCCCCNC(=O)C(Cc1ccccc1)NC(=O)C(N)CO)C(O)O. The normalized spacial score (nSPS) is 14.0. The van der Waals surface area contributed by atoms with Gasteiger partial charge in [0.25, 0.3) is 5.91 Å². The molecule has 0 aliphatic rings. The van der Waals surface area contributed by atoms with Gasteiger partial charge in [0.2, 0.25) is 23.6 Å². The highest BCUT2D eigenvalue weighted by Crippen LogP contribution is 2.12. The lowest BCUT2D eigenvalue weighted by molar-refractivity contribution is -0.130. The molecule has 5 atom stereocenters. The van der Waals surface area contributed by atoms with Crippen LogP contribution in [0.3, 0.4) is 0 Å². The zero-order chi connectivity index (χ0) is 40.6. The van der Waals surface area contributed by atoms with Crippen LogP contribution in [0.1, 0.15) is 51.5 Å². The van der Waals surface area contributed by atoms with Crippen molar-refractivity contribution in [2.24, 2.45) is 23.1 Å². The number of aliphatic hydroxyl groups excluding tert-OH is 3. The predicted octanol–water partition coefficient (Wildman–Crippen LogP) is -3.57. The van der Waals surface area contributed by atoms with Crippen LogP contribution in [-0.4, -0.2) is 137 Å². The van der Waals surface area contributed by atoms with E-state index in [0.717, 1.165) is 10.5 Å². The quantitative estimate of drug-likeness (QED) is 0.0233. The van der Waals surface area contributed by atoms with Crippen LogP contribution in [0.2, 0.25) is 0 Å². The number of unbranched alkanes of at least 4 members (excludes halogenated alkanes) is 1. The molecule has 20 nitrogen and oxygen atoms in total. The minimum Gasteiger partial charge on any atom is -0.449 e. The standard InChI is InChI=1S/C33H57N9O11S/c1-20(2)19-53-33(52)42(16-22(34)17-43)26(15-27(36)45)31(49)41-54-40-24(32(50)51)10-11-28(46)37-12-6-7-13-38-30(48)25(39-29(47)23(35)18-44)14-21-8-4-3-5-9-21/h3-5,8-9,20,22-26,32,40,43-44,50-51H,6-7,10-19,34-35H2,1-2H3,(H2,36,45)(H,37,46)(H,38,48)(H,39,47)(H,41,49). The Kier molecular flexibility index (Phi) is 23.7. The summed E-state index contributed by atoms with van der Waals surface area (Å²) >= 11 is 0.526. The number of ether oxygens (including phenoxy) is 1. The van der Waals surface area contributed by atoms with Crippen LogP contribution < -0.4 is 42.6 Å². The monoisotopic (exact) mass is 787 g/mol. The number of hydrogen-bond donors (Lipinski definition) is 12. The van der Waals surface area contributed by atoms with Gasteiger partial charge in [0.05, 0.1) is 32.3 Å². The summed E-state index contributed by atoms with van der Waals surface area (Å²) in [5.41, 5.74) is 17.5. The number of benzene rings is 1. The molecule has 6 amide bonds. The number of hydrogen-bond acceptors (Lipinski definition) is 15. The van der Waals surface area contributed by atoms with E-state index < -0.39 is 91.8 Å². The van der Waals surface area contributed by atoms with Gasteiger partial charge in [0.15, 0.2) is 6.29 Å². The van der Waals surface area contributed by atoms with Crippen LogP contribution in [0.15, 0.2) is 30.3 Å². The number of nitrogens with two attached hydrogens (primary N) is 3. The van der Waals surface area contributed by atoms with Gasteiger partial charge in [-0.3, -0.25) is 33.6 Å². The number of aliphatic hydroxyl groups is 4. The van der Waals surface area contributed by atoms with Crippen molar-refractivity contribution < 1.29 is 53.9 Å². The van der Waals surface area contributed by atoms with E-state index in [2.05, 4.69) is 25.4 Å². The molecule has 5 unspecified atom stereocenters. The second-order valence-corrected chi connectivity index (χ2v) is 13.5. The maximum Gasteiger partial charge on any atom is 0.410 e. The van der Waals surface area contributed by atoms with Crippen LogP contribution in [-0.2, 0) is 35.1 Å². The van der Waals surface area contributed by atoms with Gasteiger partial charge >= 0.3 is 6.09 Å². The predicted molar refractivity (Wildman–Crippen MR) is 198 cm³/mol. The molecule has 0 heterocycles. The summed E-state index contributed by atoms with van der Waals surface area (Å²) in [4.78, 5) is 76.1. The third-order valence-corrected chi connectivity index (χ3v) is 8.32. The number of rotatable bonds is 27. The lowest BCUT2D eigenvalue weighted by Crippen LogP contribution is -2.55. The van der Waals surface area contributed by atoms with E-state index in [4.69, 9.17) is 21.9 Å². The van der Waals surface area contributed by atoms with Gasteiger partial charge in [0, 0.05) is 50.7 Å². The maximum atomic E-state index is 13.1. The molecule has 0 saturated heterocycles. The Labute approximate surface area is 318 Å². The number of nitrogens with one attached hydrogen (secondary N) is 5. The Morgan fingerprint density at radius 1 is 0.907 bits per heavy atom. The van der Waals surface area contributed by atoms with Crippen molar-refractivity contribution in [3.05, 3.63) is 35.9 Å². The molecule has 0 spiro atoms. The van der Waals surface area contributed by atoms with Gasteiger partial charge in [-0.15, -0.1) is 0 Å². The van der Waals surface area contributed by atoms with E-state index in [0.29, 0.717) is 25.0 Å². The highest BCUT2D eigenvalue weighted by atomic mass is 32.2. The van der Waals surface area contributed by atoms with Gasteiger partial charge < -0.3 is 58.3 Å². The van der Waals surface area contributed by atoms with Crippen molar-refractivity contribution in [1.82, 2.24) is 30.3 Å². The van der Waals surface area contributed by atoms with Gasteiger partial charge in [-0.25, -0.2) is 9.52 Å². The Morgan fingerprint density at radius 3 is 2.13 bits per heavy atom. The molecule has 0 fully saturated rings. The summed E-state index contributed by atoms with van der Waals surface area (Å²) in [6.07, 6.45) is -2.51. The summed E-state index contributed by atoms with van der Waals surface area (Å²) in [5.74, 6) is -3.33. The molecule has 306 valence electrons. The van der Waals surface area contributed by atoms with E-state index in [9.17, 15) is 49.2 Å². The van der Waals surface area contributed by atoms with Gasteiger partial charge in [-0.05, 0) is 30.7 Å². The van der Waals surface area contributed by atoms with Crippen molar-refractivity contribution in [2.75, 3.05) is 39.5 Å². The third-order valence-electron chi connectivity index (χ3n) is 7.59. The molecule has 21 heteroatoms. The Bertz CT molecular complexity index is 1310. The Morgan fingerprint density at radius 2 is 1.56 bits per heavy atom. The topological polar surface area (TPSA) is 334 Å². The first-order chi connectivity index (χ1) is 25.6. The fraction of sp³-hybridized carbons (Fsp3) is 0.636. The highest BCUT2D eigenvalue weighted by Gasteiger charge is 2.34. The fourth-order valence-electron chi connectivity index (χ4n) is 4.60. The minimum atomic E-state index is -1.94. The van der Waals surface area contributed by atoms with E-state index in [1.54, 1.807) is 26.0 Å². The van der Waals surface area contributed by atoms with Crippen molar-refractivity contribution in [2.45, 2.75) is 88.9 Å². The van der Waals surface area contributed by atoms with Crippen LogP contribution >= 0.6 is 12.1 Å². The molecular formula is C33H57N9O11S. The molecule has 1 rings (SSSR count).